The van der Waals surface area contributed by atoms with Gasteiger partial charge in [0.1, 0.15) is 5.69 Å². The summed E-state index contributed by atoms with van der Waals surface area (Å²) in [6.07, 6.45) is 2.92. The van der Waals surface area contributed by atoms with E-state index in [2.05, 4.69) is 6.92 Å². The van der Waals surface area contributed by atoms with Gasteiger partial charge in [-0.25, -0.2) is 17.2 Å². The van der Waals surface area contributed by atoms with Crippen LogP contribution < -0.4 is 0 Å². The molecule has 0 saturated carbocycles. The number of esters is 1. The normalized spacial score (nSPS) is 11.7. The smallest absolute Gasteiger partial charge is 0.355 e. The highest BCUT2D eigenvalue weighted by atomic mass is 32.2. The molecular formula is C21H23NO4S. The summed E-state index contributed by atoms with van der Waals surface area (Å²) < 4.78 is 32.6. The predicted octanol–water partition coefficient (Wildman–Crippen LogP) is 4.32. The summed E-state index contributed by atoms with van der Waals surface area (Å²) in [5.74, 6) is -0.683. The molecule has 0 fully saturated rings. The van der Waals surface area contributed by atoms with Crippen LogP contribution in [0.4, 0.5) is 0 Å². The monoisotopic (exact) mass is 385 g/mol. The number of methoxy groups -OCH3 is 1. The van der Waals surface area contributed by atoms with Gasteiger partial charge in [-0.3, -0.25) is 0 Å². The lowest BCUT2D eigenvalue weighted by atomic mass is 10.1. The maximum atomic E-state index is 13.3. The number of benzene rings is 2. The molecule has 6 heteroatoms. The van der Waals surface area contributed by atoms with Crippen molar-refractivity contribution in [3.8, 4) is 0 Å². The van der Waals surface area contributed by atoms with Gasteiger partial charge in [-0.1, -0.05) is 43.2 Å². The lowest BCUT2D eigenvalue weighted by molar-refractivity contribution is 0.0593. The van der Waals surface area contributed by atoms with E-state index in [1.807, 2.05) is 25.1 Å². The minimum atomic E-state index is -3.95. The van der Waals surface area contributed by atoms with Crippen molar-refractivity contribution >= 4 is 26.9 Å². The van der Waals surface area contributed by atoms with Crippen LogP contribution >= 0.6 is 0 Å². The third kappa shape index (κ3) is 3.62. The lowest BCUT2D eigenvalue weighted by Crippen LogP contribution is -2.19. The second-order valence-corrected chi connectivity index (χ2v) is 8.39. The topological polar surface area (TPSA) is 65.4 Å². The fraction of sp³-hybridized carbons (Fsp3) is 0.286. The largest absolute Gasteiger partial charge is 0.464 e. The van der Waals surface area contributed by atoms with Gasteiger partial charge in [0.2, 0.25) is 0 Å². The third-order valence-electron chi connectivity index (χ3n) is 4.60. The molecule has 27 heavy (non-hydrogen) atoms. The SMILES string of the molecule is CCCCc1ccc2cc(C(=O)OC)n(S(=O)(=O)c3ccc(C)cc3)c2c1. The number of aryl methyl sites for hydroxylation is 2. The van der Waals surface area contributed by atoms with Gasteiger partial charge in [-0.15, -0.1) is 0 Å². The van der Waals surface area contributed by atoms with Gasteiger partial charge < -0.3 is 4.74 Å². The average Bonchev–Trinajstić information content (AvgIpc) is 3.05. The number of hydrogen-bond donors (Lipinski definition) is 0. The minimum absolute atomic E-state index is 0.000663. The van der Waals surface area contributed by atoms with E-state index in [9.17, 15) is 13.2 Å². The van der Waals surface area contributed by atoms with Crippen LogP contribution in [0, 0.1) is 6.92 Å². The predicted molar refractivity (Wildman–Crippen MR) is 106 cm³/mol. The molecule has 0 amide bonds. The number of nitrogens with zero attached hydrogens (tertiary/aromatic N) is 1. The van der Waals surface area contributed by atoms with Crippen molar-refractivity contribution in [2.75, 3.05) is 7.11 Å². The van der Waals surface area contributed by atoms with Gasteiger partial charge in [-0.05, 0) is 49.6 Å². The quantitative estimate of drug-likeness (QED) is 0.593. The molecule has 3 rings (SSSR count). The Hall–Kier alpha value is -2.60. The fourth-order valence-corrected chi connectivity index (χ4v) is 4.57. The molecule has 5 nitrogen and oxygen atoms in total. The first kappa shape index (κ1) is 19.2. The van der Waals surface area contributed by atoms with Gasteiger partial charge in [-0.2, -0.15) is 0 Å². The van der Waals surface area contributed by atoms with Crippen LogP contribution in [-0.2, 0) is 21.2 Å². The standard InChI is InChI=1S/C21H23NO4S/c1-4-5-6-16-9-10-17-14-20(21(23)26-3)22(19(17)13-16)27(24,25)18-11-7-15(2)8-12-18/h7-14H,4-6H2,1-3H3. The Morgan fingerprint density at radius 3 is 2.41 bits per heavy atom. The Bertz CT molecular complexity index is 1080. The van der Waals surface area contributed by atoms with Gasteiger partial charge in [0.15, 0.2) is 0 Å². The summed E-state index contributed by atoms with van der Waals surface area (Å²) in [6.45, 7) is 4.00. The number of unbranched alkanes of at least 4 members (excludes halogenated alkanes) is 1. The zero-order valence-electron chi connectivity index (χ0n) is 15.7. The molecule has 2 aromatic carbocycles. The molecule has 0 saturated heterocycles. The van der Waals surface area contributed by atoms with Crippen molar-refractivity contribution in [3.63, 3.8) is 0 Å². The van der Waals surface area contributed by atoms with Crippen LogP contribution in [0.2, 0.25) is 0 Å². The summed E-state index contributed by atoms with van der Waals surface area (Å²) in [5.41, 5.74) is 2.49. The van der Waals surface area contributed by atoms with E-state index < -0.39 is 16.0 Å². The van der Waals surface area contributed by atoms with Gasteiger partial charge >= 0.3 is 5.97 Å². The van der Waals surface area contributed by atoms with Gasteiger partial charge in [0, 0.05) is 5.39 Å². The maximum absolute atomic E-state index is 13.3. The zero-order chi connectivity index (χ0) is 19.6. The third-order valence-corrected chi connectivity index (χ3v) is 6.34. The van der Waals surface area contributed by atoms with Crippen molar-refractivity contribution in [1.82, 2.24) is 3.97 Å². The lowest BCUT2D eigenvalue weighted by Gasteiger charge is -2.12. The number of hydrogen-bond acceptors (Lipinski definition) is 4. The second kappa shape index (κ2) is 7.56. The Morgan fingerprint density at radius 1 is 1.07 bits per heavy atom. The highest BCUT2D eigenvalue weighted by Gasteiger charge is 2.27. The van der Waals surface area contributed by atoms with Crippen LogP contribution in [-0.4, -0.2) is 25.5 Å². The average molecular weight is 385 g/mol. The first-order valence-corrected chi connectivity index (χ1v) is 10.4. The number of carbonyl (C=O) groups excluding carboxylic acids is 1. The molecule has 0 aliphatic rings. The first-order valence-electron chi connectivity index (χ1n) is 8.93. The van der Waals surface area contributed by atoms with Crippen LogP contribution in [0.1, 0.15) is 41.4 Å². The number of ether oxygens (including phenoxy) is 1. The van der Waals surface area contributed by atoms with Crippen molar-refractivity contribution < 1.29 is 17.9 Å². The van der Waals surface area contributed by atoms with E-state index in [1.54, 1.807) is 30.3 Å². The first-order chi connectivity index (χ1) is 12.9. The summed E-state index contributed by atoms with van der Waals surface area (Å²) in [4.78, 5) is 12.4. The zero-order valence-corrected chi connectivity index (χ0v) is 16.5. The van der Waals surface area contributed by atoms with Crippen LogP contribution in [0.3, 0.4) is 0 Å². The van der Waals surface area contributed by atoms with Crippen molar-refractivity contribution in [2.45, 2.75) is 38.0 Å². The molecule has 0 bridgehead atoms. The highest BCUT2D eigenvalue weighted by molar-refractivity contribution is 7.90. The number of carbonyl (C=O) groups is 1. The molecule has 0 N–H and O–H groups in total. The number of aromatic nitrogens is 1. The van der Waals surface area contributed by atoms with Crippen molar-refractivity contribution in [2.24, 2.45) is 0 Å². The molecule has 0 unspecified atom stereocenters. The Labute approximate surface area is 159 Å². The molecule has 0 radical (unpaired) electrons. The molecule has 1 heterocycles. The van der Waals surface area contributed by atoms with Crippen molar-refractivity contribution in [1.29, 1.82) is 0 Å². The van der Waals surface area contributed by atoms with Crippen LogP contribution in [0.5, 0.6) is 0 Å². The van der Waals surface area contributed by atoms with E-state index in [0.717, 1.165) is 34.4 Å². The van der Waals surface area contributed by atoms with Crippen LogP contribution in [0.25, 0.3) is 10.9 Å². The Kier molecular flexibility index (Phi) is 5.37. The Morgan fingerprint density at radius 2 is 1.78 bits per heavy atom. The van der Waals surface area contributed by atoms with E-state index in [-0.39, 0.29) is 10.6 Å². The second-order valence-electron chi connectivity index (χ2n) is 6.60. The fourth-order valence-electron chi connectivity index (χ4n) is 3.08. The molecule has 0 atom stereocenters. The van der Waals surface area contributed by atoms with Crippen molar-refractivity contribution in [3.05, 3.63) is 65.4 Å². The van der Waals surface area contributed by atoms with E-state index in [0.29, 0.717) is 10.9 Å². The van der Waals surface area contributed by atoms with E-state index in [4.69, 9.17) is 4.74 Å². The molecule has 1 aromatic heterocycles. The molecule has 0 aliphatic heterocycles. The van der Waals surface area contributed by atoms with Crippen LogP contribution in [0.15, 0.2) is 53.4 Å². The maximum Gasteiger partial charge on any atom is 0.355 e. The van der Waals surface area contributed by atoms with E-state index in [1.165, 1.54) is 7.11 Å². The summed E-state index contributed by atoms with van der Waals surface area (Å²) in [7, 11) is -2.70. The number of rotatable bonds is 6. The highest BCUT2D eigenvalue weighted by Crippen LogP contribution is 2.28. The molecule has 3 aromatic rings. The summed E-state index contributed by atoms with van der Waals surface area (Å²) in [6, 6.07) is 13.8. The molecule has 0 spiro atoms. The Balaban J connectivity index is 2.26. The minimum Gasteiger partial charge on any atom is -0.464 e. The van der Waals surface area contributed by atoms with E-state index >= 15 is 0 Å². The van der Waals surface area contributed by atoms with Gasteiger partial charge in [0.25, 0.3) is 10.0 Å². The molecule has 142 valence electrons. The summed E-state index contributed by atoms with van der Waals surface area (Å²) in [5, 5.41) is 0.686. The molecular weight excluding hydrogens is 362 g/mol. The van der Waals surface area contributed by atoms with Gasteiger partial charge in [0.05, 0.1) is 17.5 Å². The number of fused-ring (bicyclic) bond motifs is 1. The molecule has 0 aliphatic carbocycles. The summed E-state index contributed by atoms with van der Waals surface area (Å²) >= 11 is 0.